The number of fused-ring (bicyclic) bond motifs is 4. The smallest absolute Gasteiger partial charge is 0.369 e. The molecule has 53 heavy (non-hydrogen) atoms. The van der Waals surface area contributed by atoms with Gasteiger partial charge < -0.3 is 14.0 Å². The first-order valence-corrected chi connectivity index (χ1v) is 22.7. The van der Waals surface area contributed by atoms with E-state index in [2.05, 4.69) is 113 Å². The molecule has 0 unspecified atom stereocenters. The maximum Gasteiger partial charge on any atom is 0.369 e. The van der Waals surface area contributed by atoms with Gasteiger partial charge in [-0.3, -0.25) is 0 Å². The van der Waals surface area contributed by atoms with Gasteiger partial charge in [0.25, 0.3) is 5.95 Å². The summed E-state index contributed by atoms with van der Waals surface area (Å²) in [7, 11) is 0. The Morgan fingerprint density at radius 2 is 0.792 bits per heavy atom. The van der Waals surface area contributed by atoms with Gasteiger partial charge in [0.15, 0.2) is 6.26 Å². The highest BCUT2D eigenvalue weighted by Gasteiger charge is 2.73. The minimum Gasteiger partial charge on any atom is -0.534 e. The summed E-state index contributed by atoms with van der Waals surface area (Å²) < 4.78 is 22.4. The number of hydrogen-bond donors (Lipinski definition) is 0. The highest BCUT2D eigenvalue weighted by molar-refractivity contribution is 6.58. The molecule has 9 rings (SSSR count). The largest absolute Gasteiger partial charge is 0.534 e. The van der Waals surface area contributed by atoms with Crippen molar-refractivity contribution in [3.8, 4) is 5.75 Å². The van der Waals surface area contributed by atoms with E-state index in [9.17, 15) is 0 Å². The van der Waals surface area contributed by atoms with Gasteiger partial charge in [-0.05, 0) is 154 Å². The molecule has 0 aliphatic heterocycles. The van der Waals surface area contributed by atoms with Crippen molar-refractivity contribution in [2.75, 3.05) is 0 Å². The van der Waals surface area contributed by atoms with Gasteiger partial charge in [0.1, 0.15) is 5.75 Å². The Balaban J connectivity index is 1.13. The number of rotatable bonds is 10. The van der Waals surface area contributed by atoms with Crippen LogP contribution in [0.5, 0.6) is 5.75 Å². The van der Waals surface area contributed by atoms with Gasteiger partial charge in [0.2, 0.25) is 0 Å². The summed E-state index contributed by atoms with van der Waals surface area (Å²) >= 11 is 0. The van der Waals surface area contributed by atoms with Crippen LogP contribution in [-0.2, 0) is 9.31 Å². The van der Waals surface area contributed by atoms with Crippen LogP contribution in [0.2, 0.25) is 23.3 Å². The minimum atomic E-state index is 0.151. The van der Waals surface area contributed by atoms with Crippen molar-refractivity contribution in [2.24, 2.45) is 92.7 Å². The molecule has 1 aromatic carbocycles. The second-order valence-corrected chi connectivity index (χ2v) is 23.4. The predicted octanol–water partition coefficient (Wildman–Crippen LogP) is 13.2. The summed E-state index contributed by atoms with van der Waals surface area (Å²) in [5.74, 6) is 12.6. The molecule has 0 heterocycles. The van der Waals surface area contributed by atoms with E-state index in [1.807, 2.05) is 6.26 Å². The molecule has 8 fully saturated rings. The van der Waals surface area contributed by atoms with Crippen LogP contribution < -0.4 is 4.74 Å². The summed E-state index contributed by atoms with van der Waals surface area (Å²) in [5.41, 5.74) is 1.59. The quantitative estimate of drug-likeness (QED) is 0.178. The summed E-state index contributed by atoms with van der Waals surface area (Å²) in [6, 6.07) is 10.4. The van der Waals surface area contributed by atoms with Crippen LogP contribution >= 0.6 is 0 Å². The van der Waals surface area contributed by atoms with Gasteiger partial charge in [-0.2, -0.15) is 0 Å². The van der Waals surface area contributed by atoms with Gasteiger partial charge in [0, 0.05) is 0 Å². The molecule has 0 aromatic heterocycles. The van der Waals surface area contributed by atoms with Crippen LogP contribution in [0.15, 0.2) is 42.5 Å². The second kappa shape index (κ2) is 12.5. The molecular formula is C48H74B2O3. The van der Waals surface area contributed by atoms with Gasteiger partial charge in [-0.25, -0.2) is 0 Å². The zero-order valence-corrected chi connectivity index (χ0v) is 35.7. The van der Waals surface area contributed by atoms with E-state index in [4.69, 9.17) is 14.0 Å². The molecule has 290 valence electrons. The lowest BCUT2D eigenvalue weighted by atomic mass is 9.36. The van der Waals surface area contributed by atoms with Crippen molar-refractivity contribution in [1.82, 2.24) is 0 Å². The van der Waals surface area contributed by atoms with Crippen molar-refractivity contribution >= 4 is 13.8 Å². The fourth-order valence-corrected chi connectivity index (χ4v) is 16.3. The van der Waals surface area contributed by atoms with Crippen LogP contribution in [0, 0.1) is 92.7 Å². The molecule has 1 aromatic rings. The Labute approximate surface area is 325 Å². The lowest BCUT2D eigenvalue weighted by Gasteiger charge is -2.43. The van der Waals surface area contributed by atoms with Crippen molar-refractivity contribution in [1.29, 1.82) is 0 Å². The number of para-hydroxylation sites is 1. The summed E-state index contributed by atoms with van der Waals surface area (Å²) in [6.45, 7) is 31.1. The molecule has 8 saturated carbocycles. The van der Waals surface area contributed by atoms with E-state index in [0.717, 1.165) is 53.1 Å². The third-order valence-electron chi connectivity index (χ3n) is 19.6. The highest BCUT2D eigenvalue weighted by Crippen LogP contribution is 2.78. The average Bonchev–Trinajstić information content (AvgIpc) is 4.06. The molecule has 5 heteroatoms. The van der Waals surface area contributed by atoms with E-state index in [1.54, 1.807) is 0 Å². The van der Waals surface area contributed by atoms with E-state index >= 15 is 0 Å². The molecule has 8 aliphatic rings. The highest BCUT2D eigenvalue weighted by atomic mass is 16.6. The van der Waals surface area contributed by atoms with Crippen molar-refractivity contribution in [3.05, 3.63) is 42.5 Å². The molecule has 0 saturated heterocycles. The Morgan fingerprint density at radius 3 is 1.09 bits per heavy atom. The second-order valence-electron chi connectivity index (χ2n) is 23.4. The summed E-state index contributed by atoms with van der Waals surface area (Å²) in [5, 5.41) is 0. The molecule has 0 spiro atoms. The topological polar surface area (TPSA) is 27.7 Å². The lowest BCUT2D eigenvalue weighted by Crippen LogP contribution is -2.45. The van der Waals surface area contributed by atoms with Gasteiger partial charge in [-0.15, -0.1) is 0 Å². The maximum absolute atomic E-state index is 7.87. The Hall–Kier alpha value is -1.51. The van der Waals surface area contributed by atoms with E-state index in [1.165, 1.54) is 51.4 Å². The molecule has 16 atom stereocenters. The fourth-order valence-electron chi connectivity index (χ4n) is 16.3. The third-order valence-corrected chi connectivity index (χ3v) is 19.6. The monoisotopic (exact) mass is 721 g/mol. The Kier molecular flexibility index (Phi) is 8.74. The van der Waals surface area contributed by atoms with E-state index in [-0.39, 0.29) is 13.8 Å². The van der Waals surface area contributed by atoms with Crippen molar-refractivity contribution < 1.29 is 14.0 Å². The lowest BCUT2D eigenvalue weighted by molar-refractivity contribution is 0.162. The van der Waals surface area contributed by atoms with Crippen LogP contribution in [-0.4, -0.2) is 13.8 Å². The first-order chi connectivity index (χ1) is 25.0. The van der Waals surface area contributed by atoms with Crippen LogP contribution in [0.4, 0.5) is 0 Å². The summed E-state index contributed by atoms with van der Waals surface area (Å²) in [4.78, 5) is 0. The zero-order valence-electron chi connectivity index (χ0n) is 35.7. The van der Waals surface area contributed by atoms with E-state index < -0.39 is 0 Å². The van der Waals surface area contributed by atoms with Crippen LogP contribution in [0.3, 0.4) is 0 Å². The minimum absolute atomic E-state index is 0.151. The Morgan fingerprint density at radius 1 is 0.491 bits per heavy atom. The number of benzene rings is 1. The van der Waals surface area contributed by atoms with Crippen LogP contribution in [0.1, 0.15) is 134 Å². The van der Waals surface area contributed by atoms with E-state index in [0.29, 0.717) is 74.5 Å². The standard InChI is InChI=1S/C48H74B2O3/c1-27-18-22-32-37(45(32,5)6)41(27)49(42-28(2)19-23-33-38(42)46(33,7)8)52-36(26-51-31-16-14-13-15-17-31)53-50(43-29(3)20-24-34-39(43)47(34,9)10)44-30(4)21-25-35-40(44)48(35,11)12/h13-17,26-30,32-35,37-44H,18-25H2,1-12H3/t27-,28-,29-,30-,32+,33+,34+,35+,37+,38+,39+,40+,41+,42+,43+,44+/m0/s1. The molecule has 0 N–H and O–H groups in total. The molecular weight excluding hydrogens is 646 g/mol. The van der Waals surface area contributed by atoms with Gasteiger partial charge >= 0.3 is 13.8 Å². The normalized spacial score (nSPS) is 46.9. The molecule has 0 amide bonds. The van der Waals surface area contributed by atoms with Gasteiger partial charge in [-0.1, -0.05) is 127 Å². The first kappa shape index (κ1) is 37.1. The van der Waals surface area contributed by atoms with Gasteiger partial charge in [0.05, 0.1) is 0 Å². The fraction of sp³-hybridized carbons (Fsp3) is 0.833. The summed E-state index contributed by atoms with van der Waals surface area (Å²) in [6.07, 6.45) is 12.8. The zero-order chi connectivity index (χ0) is 37.6. The molecule has 0 radical (unpaired) electrons. The third kappa shape index (κ3) is 5.77. The predicted molar refractivity (Wildman–Crippen MR) is 220 cm³/mol. The molecule has 3 nitrogen and oxygen atoms in total. The number of hydrogen-bond acceptors (Lipinski definition) is 3. The van der Waals surface area contributed by atoms with Crippen molar-refractivity contribution in [2.45, 2.75) is 158 Å². The average molecular weight is 721 g/mol. The van der Waals surface area contributed by atoms with Crippen molar-refractivity contribution in [3.63, 3.8) is 0 Å². The molecule has 8 aliphatic carbocycles. The maximum atomic E-state index is 7.87. The Bertz CT molecular complexity index is 1390. The first-order valence-electron chi connectivity index (χ1n) is 22.7. The molecule has 0 bridgehead atoms. The number of ether oxygens (including phenoxy) is 1. The SMILES string of the molecule is C[C@H]1CC[C@@H]2[C@H]([C@@H]1B(OC(=COc1ccccc1)OB([C@H]1[C@H]3[C@@H](CC[C@@H]1C)C3(C)C)[C@H]1[C@H]3[C@@H](CC[C@@H]1C)C3(C)C)[C@H]1[C@H]3[C@@H](CC[C@@H]1C)C3(C)C)C2(C)C. The van der Waals surface area contributed by atoms with Crippen LogP contribution in [0.25, 0.3) is 0 Å².